The van der Waals surface area contributed by atoms with E-state index in [2.05, 4.69) is 4.98 Å². The third-order valence-corrected chi connectivity index (χ3v) is 4.06. The van der Waals surface area contributed by atoms with Gasteiger partial charge in [0.2, 0.25) is 0 Å². The molecule has 0 saturated heterocycles. The van der Waals surface area contributed by atoms with Crippen molar-refractivity contribution in [3.63, 3.8) is 0 Å². The number of rotatable bonds is 9. The lowest BCUT2D eigenvalue weighted by Crippen LogP contribution is -2.34. The summed E-state index contributed by atoms with van der Waals surface area (Å²) in [5, 5.41) is 0. The molecule has 0 radical (unpaired) electrons. The summed E-state index contributed by atoms with van der Waals surface area (Å²) >= 11 is 0. The maximum atomic E-state index is 13.1. The minimum atomic E-state index is -1.19. The van der Waals surface area contributed by atoms with Crippen molar-refractivity contribution in [3.05, 3.63) is 66.0 Å². The number of carbonyl (C=O) groups is 3. The quantitative estimate of drug-likeness (QED) is 0.384. The van der Waals surface area contributed by atoms with Crippen LogP contribution in [0.15, 0.2) is 54.7 Å². The normalized spacial score (nSPS) is 12.7. The summed E-state index contributed by atoms with van der Waals surface area (Å²) in [5.41, 5.74) is 0.841. The monoisotopic (exact) mass is 369 g/mol. The molecule has 0 aliphatic heterocycles. The molecule has 2 atom stereocenters. The molecule has 27 heavy (non-hydrogen) atoms. The van der Waals surface area contributed by atoms with E-state index in [-0.39, 0.29) is 25.3 Å². The highest BCUT2D eigenvalue weighted by molar-refractivity contribution is 6.08. The fourth-order valence-corrected chi connectivity index (χ4v) is 2.88. The zero-order chi connectivity index (χ0) is 19.6. The minimum Gasteiger partial charge on any atom is -0.466 e. The lowest BCUT2D eigenvalue weighted by atomic mass is 9.80. The first-order valence-corrected chi connectivity index (χ1v) is 8.90. The van der Waals surface area contributed by atoms with E-state index in [1.807, 2.05) is 6.07 Å². The second-order valence-corrected chi connectivity index (χ2v) is 5.84. The van der Waals surface area contributed by atoms with Crippen LogP contribution in [-0.2, 0) is 19.1 Å². The smallest absolute Gasteiger partial charge is 0.317 e. The maximum Gasteiger partial charge on any atom is 0.317 e. The van der Waals surface area contributed by atoms with Crippen LogP contribution in [0.4, 0.5) is 0 Å². The van der Waals surface area contributed by atoms with Crippen LogP contribution < -0.4 is 0 Å². The Morgan fingerprint density at radius 3 is 2.19 bits per heavy atom. The van der Waals surface area contributed by atoms with Crippen LogP contribution in [0.25, 0.3) is 0 Å². The van der Waals surface area contributed by atoms with Gasteiger partial charge in [-0.2, -0.15) is 0 Å². The molecule has 0 amide bonds. The second-order valence-electron chi connectivity index (χ2n) is 5.84. The second kappa shape index (κ2) is 10.2. The summed E-state index contributed by atoms with van der Waals surface area (Å²) < 4.78 is 10.2. The summed E-state index contributed by atoms with van der Waals surface area (Å²) in [6.45, 7) is 3.73. The number of ketones is 1. The third kappa shape index (κ3) is 5.48. The molecule has 0 spiro atoms. The summed E-state index contributed by atoms with van der Waals surface area (Å²) in [5.74, 6) is -3.53. The Balaban J connectivity index is 2.46. The molecule has 0 aliphatic rings. The topological polar surface area (TPSA) is 82.6 Å². The van der Waals surface area contributed by atoms with Gasteiger partial charge in [-0.1, -0.05) is 36.4 Å². The first-order valence-electron chi connectivity index (χ1n) is 8.90. The van der Waals surface area contributed by atoms with Gasteiger partial charge in [0.25, 0.3) is 0 Å². The van der Waals surface area contributed by atoms with Crippen molar-refractivity contribution in [1.82, 2.24) is 4.98 Å². The lowest BCUT2D eigenvalue weighted by molar-refractivity contribution is -0.148. The van der Waals surface area contributed by atoms with Gasteiger partial charge in [-0.15, -0.1) is 0 Å². The van der Waals surface area contributed by atoms with Crippen molar-refractivity contribution in [3.8, 4) is 0 Å². The van der Waals surface area contributed by atoms with Crippen molar-refractivity contribution in [2.75, 3.05) is 13.2 Å². The van der Waals surface area contributed by atoms with Gasteiger partial charge in [0.1, 0.15) is 11.6 Å². The van der Waals surface area contributed by atoms with Crippen LogP contribution in [-0.4, -0.2) is 35.9 Å². The number of benzene rings is 1. The number of esters is 2. The molecule has 6 nitrogen and oxygen atoms in total. The molecular formula is C21H23NO5. The van der Waals surface area contributed by atoms with E-state index in [1.54, 1.807) is 56.3 Å². The Hall–Kier alpha value is -3.02. The van der Waals surface area contributed by atoms with Gasteiger partial charge in [0.05, 0.1) is 19.6 Å². The number of carbonyl (C=O) groups excluding carboxylic acids is 3. The van der Waals surface area contributed by atoms with Crippen LogP contribution >= 0.6 is 0 Å². The zero-order valence-corrected chi connectivity index (χ0v) is 15.5. The number of hydrogen-bond acceptors (Lipinski definition) is 6. The summed E-state index contributed by atoms with van der Waals surface area (Å²) in [6.07, 6.45) is 1.37. The largest absolute Gasteiger partial charge is 0.466 e. The maximum absolute atomic E-state index is 13.1. The predicted octanol–water partition coefficient (Wildman–Crippen LogP) is 3.18. The van der Waals surface area contributed by atoms with E-state index >= 15 is 0 Å². The average Bonchev–Trinajstić information content (AvgIpc) is 2.69. The van der Waals surface area contributed by atoms with Crippen molar-refractivity contribution >= 4 is 17.7 Å². The highest BCUT2D eigenvalue weighted by Crippen LogP contribution is 2.32. The van der Waals surface area contributed by atoms with Crippen molar-refractivity contribution in [1.29, 1.82) is 0 Å². The molecule has 2 aromatic rings. The van der Waals surface area contributed by atoms with Crippen LogP contribution in [0.5, 0.6) is 0 Å². The fourth-order valence-electron chi connectivity index (χ4n) is 2.88. The highest BCUT2D eigenvalue weighted by Gasteiger charge is 2.39. The molecule has 0 fully saturated rings. The fraction of sp³-hybridized carbons (Fsp3) is 0.333. The number of Topliss-reactive ketones (excluding diaryl/α,β-unsaturated/α-hetero) is 1. The Labute approximate surface area is 158 Å². The molecule has 142 valence electrons. The van der Waals surface area contributed by atoms with Crippen LogP contribution in [0.3, 0.4) is 0 Å². The van der Waals surface area contributed by atoms with Gasteiger partial charge < -0.3 is 9.47 Å². The molecule has 1 heterocycles. The molecule has 0 saturated carbocycles. The molecule has 2 rings (SSSR count). The Bertz CT molecular complexity index is 761. The molecule has 0 N–H and O–H groups in total. The molecule has 0 bridgehead atoms. The van der Waals surface area contributed by atoms with E-state index in [1.165, 1.54) is 6.20 Å². The van der Waals surface area contributed by atoms with Gasteiger partial charge in [-0.25, -0.2) is 0 Å². The van der Waals surface area contributed by atoms with E-state index in [4.69, 9.17) is 9.47 Å². The zero-order valence-electron chi connectivity index (χ0n) is 15.5. The van der Waals surface area contributed by atoms with E-state index < -0.39 is 29.6 Å². The van der Waals surface area contributed by atoms with Crippen molar-refractivity contribution in [2.45, 2.75) is 26.2 Å². The van der Waals surface area contributed by atoms with Gasteiger partial charge in [0.15, 0.2) is 5.78 Å². The number of aromatic nitrogens is 1. The molecule has 6 heteroatoms. The molecule has 1 aromatic heterocycles. The van der Waals surface area contributed by atoms with Gasteiger partial charge in [-0.3, -0.25) is 19.4 Å². The Kier molecular flexibility index (Phi) is 7.67. The van der Waals surface area contributed by atoms with Crippen LogP contribution in [0, 0.1) is 5.92 Å². The molecule has 0 unspecified atom stereocenters. The van der Waals surface area contributed by atoms with Crippen molar-refractivity contribution < 1.29 is 23.9 Å². The first kappa shape index (κ1) is 20.3. The number of ether oxygens (including phenoxy) is 2. The van der Waals surface area contributed by atoms with E-state index in [0.29, 0.717) is 5.56 Å². The average molecular weight is 369 g/mol. The SMILES string of the molecule is CCOC(=O)C[C@H](c1ccccc1)[C@H](C(=O)OCC)C(=O)c1ccccn1. The van der Waals surface area contributed by atoms with Crippen molar-refractivity contribution in [2.24, 2.45) is 5.92 Å². The van der Waals surface area contributed by atoms with Crippen LogP contribution in [0.1, 0.15) is 42.2 Å². The third-order valence-electron chi connectivity index (χ3n) is 4.06. The number of hydrogen-bond donors (Lipinski definition) is 0. The van der Waals surface area contributed by atoms with Gasteiger partial charge in [-0.05, 0) is 31.5 Å². The first-order chi connectivity index (χ1) is 13.1. The summed E-state index contributed by atoms with van der Waals surface area (Å²) in [4.78, 5) is 42.0. The van der Waals surface area contributed by atoms with E-state index in [0.717, 1.165) is 0 Å². The van der Waals surface area contributed by atoms with Crippen LogP contribution in [0.2, 0.25) is 0 Å². The van der Waals surface area contributed by atoms with E-state index in [9.17, 15) is 14.4 Å². The standard InChI is InChI=1S/C21H23NO5/c1-3-26-18(23)14-16(15-10-6-5-7-11-15)19(21(25)27-4-2)20(24)17-12-8-9-13-22-17/h5-13,16,19H,3-4,14H2,1-2H3/t16-,19+/m1/s1. The van der Waals surface area contributed by atoms with Gasteiger partial charge in [0, 0.05) is 12.1 Å². The number of nitrogens with zero attached hydrogens (tertiary/aromatic N) is 1. The Morgan fingerprint density at radius 1 is 0.926 bits per heavy atom. The Morgan fingerprint density at radius 2 is 1.59 bits per heavy atom. The highest BCUT2D eigenvalue weighted by atomic mass is 16.5. The lowest BCUT2D eigenvalue weighted by Gasteiger charge is -2.24. The predicted molar refractivity (Wildman–Crippen MR) is 99.1 cm³/mol. The van der Waals surface area contributed by atoms with Gasteiger partial charge >= 0.3 is 11.9 Å². The molecular weight excluding hydrogens is 346 g/mol. The summed E-state index contributed by atoms with van der Waals surface area (Å²) in [7, 11) is 0. The summed E-state index contributed by atoms with van der Waals surface area (Å²) in [6, 6.07) is 13.9. The minimum absolute atomic E-state index is 0.111. The molecule has 0 aliphatic carbocycles. The number of pyridine rings is 1. The molecule has 1 aromatic carbocycles.